The van der Waals surface area contributed by atoms with E-state index >= 15 is 0 Å². The first-order chi connectivity index (χ1) is 12.5. The number of likely N-dealkylation sites (tertiary alicyclic amines) is 1. The Hall–Kier alpha value is -2.08. The van der Waals surface area contributed by atoms with E-state index in [4.69, 9.17) is 9.15 Å². The number of carbonyl (C=O) groups excluding carboxylic acids is 1. The summed E-state index contributed by atoms with van der Waals surface area (Å²) < 4.78 is 13.1. The minimum absolute atomic E-state index is 0.0675. The predicted molar refractivity (Wildman–Crippen MR) is 99.5 cm³/mol. The summed E-state index contributed by atoms with van der Waals surface area (Å²) in [6.45, 7) is 8.95. The second kappa shape index (κ2) is 8.08. The molecule has 0 aliphatic carbocycles. The Morgan fingerprint density at radius 2 is 2.27 bits per heavy atom. The zero-order valence-corrected chi connectivity index (χ0v) is 16.2. The highest BCUT2D eigenvalue weighted by Crippen LogP contribution is 2.29. The maximum atomic E-state index is 13.0. The zero-order valence-electron chi connectivity index (χ0n) is 16.2. The van der Waals surface area contributed by atoms with Crippen molar-refractivity contribution in [3.63, 3.8) is 0 Å². The summed E-state index contributed by atoms with van der Waals surface area (Å²) in [4.78, 5) is 19.6. The summed E-state index contributed by atoms with van der Waals surface area (Å²) in [5.74, 6) is 3.23. The van der Waals surface area contributed by atoms with E-state index in [2.05, 4.69) is 23.4 Å². The third-order valence-corrected chi connectivity index (χ3v) is 5.09. The molecular formula is C20H29N3O3. The van der Waals surface area contributed by atoms with Crippen LogP contribution >= 0.6 is 0 Å². The number of ether oxygens (including phenoxy) is 1. The van der Waals surface area contributed by atoms with Gasteiger partial charge >= 0.3 is 0 Å². The van der Waals surface area contributed by atoms with E-state index in [0.29, 0.717) is 24.5 Å². The lowest BCUT2D eigenvalue weighted by molar-refractivity contribution is 0.0700. The average molecular weight is 359 g/mol. The van der Waals surface area contributed by atoms with Gasteiger partial charge in [-0.15, -0.1) is 0 Å². The van der Waals surface area contributed by atoms with Crippen molar-refractivity contribution in [1.29, 1.82) is 0 Å². The van der Waals surface area contributed by atoms with Crippen molar-refractivity contribution in [2.75, 3.05) is 26.8 Å². The van der Waals surface area contributed by atoms with Crippen LogP contribution in [-0.4, -0.2) is 47.2 Å². The number of aromatic nitrogens is 2. The standard InChI is InChI=1S/C20H29N3O3/c1-14(2)18-12-17(15(3)26-18)20(24)23-8-5-6-16(13-23)19-21-7-9-22(19)10-11-25-4/h7,9,12,14,16H,5-6,8,10-11,13H2,1-4H3/t16-/m0/s1. The van der Waals surface area contributed by atoms with Crippen LogP contribution in [0.1, 0.15) is 66.2 Å². The molecule has 6 nitrogen and oxygen atoms in total. The summed E-state index contributed by atoms with van der Waals surface area (Å²) in [5, 5.41) is 0. The zero-order chi connectivity index (χ0) is 18.7. The number of methoxy groups -OCH3 is 1. The number of piperidine rings is 1. The highest BCUT2D eigenvalue weighted by atomic mass is 16.5. The van der Waals surface area contributed by atoms with E-state index in [1.807, 2.05) is 30.3 Å². The fourth-order valence-corrected chi connectivity index (χ4v) is 3.60. The monoisotopic (exact) mass is 359 g/mol. The molecule has 6 heteroatoms. The van der Waals surface area contributed by atoms with Gasteiger partial charge in [-0.3, -0.25) is 4.79 Å². The predicted octanol–water partition coefficient (Wildman–Crippen LogP) is 3.57. The van der Waals surface area contributed by atoms with Crippen LogP contribution in [0.5, 0.6) is 0 Å². The van der Waals surface area contributed by atoms with Gasteiger partial charge in [-0.1, -0.05) is 13.8 Å². The van der Waals surface area contributed by atoms with Crippen molar-refractivity contribution >= 4 is 5.91 Å². The molecule has 26 heavy (non-hydrogen) atoms. The molecule has 0 radical (unpaired) electrons. The highest BCUT2D eigenvalue weighted by molar-refractivity contribution is 5.95. The molecule has 0 spiro atoms. The summed E-state index contributed by atoms with van der Waals surface area (Å²) in [6, 6.07) is 1.91. The van der Waals surface area contributed by atoms with Gasteiger partial charge in [0.15, 0.2) is 0 Å². The van der Waals surface area contributed by atoms with Gasteiger partial charge in [0.05, 0.1) is 12.2 Å². The van der Waals surface area contributed by atoms with E-state index in [0.717, 1.165) is 37.5 Å². The quantitative estimate of drug-likeness (QED) is 0.791. The van der Waals surface area contributed by atoms with Crippen molar-refractivity contribution in [1.82, 2.24) is 14.5 Å². The van der Waals surface area contributed by atoms with Crippen molar-refractivity contribution in [2.45, 2.75) is 52.0 Å². The van der Waals surface area contributed by atoms with Gasteiger partial charge in [-0.25, -0.2) is 4.98 Å². The van der Waals surface area contributed by atoms with Crippen LogP contribution in [0, 0.1) is 6.92 Å². The van der Waals surface area contributed by atoms with Gasteiger partial charge in [0.1, 0.15) is 17.3 Å². The molecule has 0 bridgehead atoms. The molecule has 1 atom stereocenters. The molecule has 3 heterocycles. The number of aryl methyl sites for hydroxylation is 1. The van der Waals surface area contributed by atoms with Gasteiger partial charge in [0.2, 0.25) is 0 Å². The van der Waals surface area contributed by atoms with E-state index < -0.39 is 0 Å². The Labute approximate surface area is 155 Å². The summed E-state index contributed by atoms with van der Waals surface area (Å²) in [6.07, 6.45) is 5.86. The number of amides is 1. The fraction of sp³-hybridized carbons (Fsp3) is 0.600. The molecule has 1 saturated heterocycles. The molecule has 2 aromatic rings. The smallest absolute Gasteiger partial charge is 0.257 e. The number of rotatable bonds is 6. The maximum absolute atomic E-state index is 13.0. The average Bonchev–Trinajstić information content (AvgIpc) is 3.26. The van der Waals surface area contributed by atoms with Crippen LogP contribution in [0.4, 0.5) is 0 Å². The van der Waals surface area contributed by atoms with Crippen molar-refractivity contribution in [3.8, 4) is 0 Å². The van der Waals surface area contributed by atoms with Crippen molar-refractivity contribution < 1.29 is 13.9 Å². The van der Waals surface area contributed by atoms with E-state index in [-0.39, 0.29) is 17.7 Å². The molecule has 1 aliphatic heterocycles. The second-order valence-corrected chi connectivity index (χ2v) is 7.34. The first-order valence-corrected chi connectivity index (χ1v) is 9.40. The van der Waals surface area contributed by atoms with Gasteiger partial charge in [0.25, 0.3) is 5.91 Å². The molecule has 0 aromatic carbocycles. The third-order valence-electron chi connectivity index (χ3n) is 5.09. The first kappa shape index (κ1) is 18.7. The van der Waals surface area contributed by atoms with Crippen LogP contribution in [0.2, 0.25) is 0 Å². The second-order valence-electron chi connectivity index (χ2n) is 7.34. The molecule has 0 unspecified atom stereocenters. The van der Waals surface area contributed by atoms with Crippen molar-refractivity contribution in [2.24, 2.45) is 0 Å². The number of imidazole rings is 1. The SMILES string of the molecule is COCCn1ccnc1[C@H]1CCCN(C(=O)c2cc(C(C)C)oc2C)C1. The number of furan rings is 1. The van der Waals surface area contributed by atoms with Gasteiger partial charge in [0, 0.05) is 51.0 Å². The Kier molecular flexibility index (Phi) is 5.81. The van der Waals surface area contributed by atoms with Crippen LogP contribution in [-0.2, 0) is 11.3 Å². The lowest BCUT2D eigenvalue weighted by Crippen LogP contribution is -2.40. The van der Waals surface area contributed by atoms with E-state index in [1.54, 1.807) is 7.11 Å². The number of hydrogen-bond donors (Lipinski definition) is 0. The first-order valence-electron chi connectivity index (χ1n) is 9.40. The third kappa shape index (κ3) is 3.85. The minimum Gasteiger partial charge on any atom is -0.465 e. The van der Waals surface area contributed by atoms with Gasteiger partial charge in [-0.2, -0.15) is 0 Å². The van der Waals surface area contributed by atoms with Crippen LogP contribution in [0.25, 0.3) is 0 Å². The molecule has 2 aromatic heterocycles. The topological polar surface area (TPSA) is 60.5 Å². The maximum Gasteiger partial charge on any atom is 0.257 e. The Balaban J connectivity index is 1.74. The van der Waals surface area contributed by atoms with E-state index in [9.17, 15) is 4.79 Å². The van der Waals surface area contributed by atoms with E-state index in [1.165, 1.54) is 0 Å². The Morgan fingerprint density at radius 3 is 2.96 bits per heavy atom. The molecule has 1 fully saturated rings. The summed E-state index contributed by atoms with van der Waals surface area (Å²) >= 11 is 0. The lowest BCUT2D eigenvalue weighted by atomic mass is 9.96. The highest BCUT2D eigenvalue weighted by Gasteiger charge is 2.29. The summed E-state index contributed by atoms with van der Waals surface area (Å²) in [5.41, 5.74) is 0.692. The van der Waals surface area contributed by atoms with Crippen molar-refractivity contribution in [3.05, 3.63) is 41.4 Å². The molecule has 0 N–H and O–H groups in total. The molecule has 1 amide bonds. The molecular weight excluding hydrogens is 330 g/mol. The lowest BCUT2D eigenvalue weighted by Gasteiger charge is -2.32. The Bertz CT molecular complexity index is 747. The molecule has 142 valence electrons. The van der Waals surface area contributed by atoms with Crippen LogP contribution in [0.3, 0.4) is 0 Å². The summed E-state index contributed by atoms with van der Waals surface area (Å²) in [7, 11) is 1.70. The number of carbonyl (C=O) groups is 1. The normalized spacial score (nSPS) is 17.9. The molecule has 1 aliphatic rings. The van der Waals surface area contributed by atoms with Gasteiger partial charge in [-0.05, 0) is 25.8 Å². The fourth-order valence-electron chi connectivity index (χ4n) is 3.60. The Morgan fingerprint density at radius 1 is 1.46 bits per heavy atom. The number of nitrogens with zero attached hydrogens (tertiary/aromatic N) is 3. The molecule has 0 saturated carbocycles. The van der Waals surface area contributed by atoms with Crippen LogP contribution < -0.4 is 0 Å². The molecule has 3 rings (SSSR count). The van der Waals surface area contributed by atoms with Gasteiger partial charge < -0.3 is 18.6 Å². The minimum atomic E-state index is 0.0675. The van der Waals surface area contributed by atoms with Crippen LogP contribution in [0.15, 0.2) is 22.9 Å². The largest absolute Gasteiger partial charge is 0.465 e. The number of hydrogen-bond acceptors (Lipinski definition) is 4.